The Hall–Kier alpha value is -3.45. The fourth-order valence-electron chi connectivity index (χ4n) is 3.57. The Kier molecular flexibility index (Phi) is 6.37. The summed E-state index contributed by atoms with van der Waals surface area (Å²) in [6.07, 6.45) is 3.49. The summed E-state index contributed by atoms with van der Waals surface area (Å²) >= 11 is 1.64. The summed E-state index contributed by atoms with van der Waals surface area (Å²) < 4.78 is 7.86. The van der Waals surface area contributed by atoms with Crippen LogP contribution in [0.1, 0.15) is 39.9 Å². The number of imidazole rings is 1. The first-order valence-corrected chi connectivity index (χ1v) is 11.2. The number of carboxylic acid groups (broad SMARTS) is 1. The van der Waals surface area contributed by atoms with E-state index in [1.807, 2.05) is 49.0 Å². The van der Waals surface area contributed by atoms with E-state index < -0.39 is 5.97 Å². The van der Waals surface area contributed by atoms with Crippen molar-refractivity contribution in [2.45, 2.75) is 32.8 Å². The molecule has 2 aromatic carbocycles. The number of aliphatic carboxylic acids is 1. The fourth-order valence-corrected chi connectivity index (χ4v) is 4.55. The van der Waals surface area contributed by atoms with E-state index in [2.05, 4.69) is 36.2 Å². The first-order valence-electron chi connectivity index (χ1n) is 10.4. The van der Waals surface area contributed by atoms with Gasteiger partial charge >= 0.3 is 5.97 Å². The zero-order valence-electron chi connectivity index (χ0n) is 18.3. The number of aromatic nitrogens is 3. The van der Waals surface area contributed by atoms with E-state index in [1.165, 1.54) is 5.56 Å². The maximum absolute atomic E-state index is 11.4. The van der Waals surface area contributed by atoms with E-state index in [0.29, 0.717) is 6.61 Å². The predicted octanol–water partition coefficient (Wildman–Crippen LogP) is 5.35. The Labute approximate surface area is 191 Å². The molecular weight excluding hydrogens is 422 g/mol. The number of carbonyl (C=O) groups is 1. The summed E-state index contributed by atoms with van der Waals surface area (Å²) in [6.45, 7) is 4.51. The molecule has 0 amide bonds. The normalized spacial score (nSPS) is 12.0. The molecule has 0 bridgehead atoms. The zero-order valence-corrected chi connectivity index (χ0v) is 19.1. The smallest absolute Gasteiger partial charge is 0.304 e. The van der Waals surface area contributed by atoms with Crippen molar-refractivity contribution in [3.05, 3.63) is 88.4 Å². The van der Waals surface area contributed by atoms with E-state index in [9.17, 15) is 9.90 Å². The van der Waals surface area contributed by atoms with Crippen LogP contribution >= 0.6 is 11.3 Å². The molecular formula is C25H25N3O3S. The third-order valence-corrected chi connectivity index (χ3v) is 6.57. The van der Waals surface area contributed by atoms with Gasteiger partial charge < -0.3 is 14.4 Å². The van der Waals surface area contributed by atoms with Crippen LogP contribution < -0.4 is 4.74 Å². The van der Waals surface area contributed by atoms with Gasteiger partial charge in [0.25, 0.3) is 0 Å². The lowest BCUT2D eigenvalue weighted by Gasteiger charge is -2.16. The monoisotopic (exact) mass is 447 g/mol. The molecule has 4 rings (SSSR count). The second-order valence-electron chi connectivity index (χ2n) is 7.80. The van der Waals surface area contributed by atoms with E-state index in [1.54, 1.807) is 17.5 Å². The Morgan fingerprint density at radius 2 is 1.84 bits per heavy atom. The molecule has 7 heteroatoms. The van der Waals surface area contributed by atoms with Crippen LogP contribution in [0.4, 0.5) is 0 Å². The van der Waals surface area contributed by atoms with Gasteiger partial charge in [0.05, 0.1) is 22.9 Å². The second kappa shape index (κ2) is 9.36. The summed E-state index contributed by atoms with van der Waals surface area (Å²) in [5.74, 6) is 0.281. The van der Waals surface area contributed by atoms with Crippen LogP contribution in [0, 0.1) is 13.8 Å². The molecule has 1 N–H and O–H groups in total. The van der Waals surface area contributed by atoms with Crippen molar-refractivity contribution in [1.82, 2.24) is 14.5 Å². The van der Waals surface area contributed by atoms with Gasteiger partial charge in [-0.3, -0.25) is 4.79 Å². The first kappa shape index (κ1) is 21.8. The molecule has 0 spiro atoms. The topological polar surface area (TPSA) is 77.2 Å². The summed E-state index contributed by atoms with van der Waals surface area (Å²) in [4.78, 5) is 21.5. The minimum Gasteiger partial charge on any atom is -0.488 e. The van der Waals surface area contributed by atoms with Crippen molar-refractivity contribution in [3.8, 4) is 16.3 Å². The molecule has 0 aliphatic heterocycles. The van der Waals surface area contributed by atoms with Crippen molar-refractivity contribution >= 4 is 17.3 Å². The van der Waals surface area contributed by atoms with Crippen LogP contribution in [-0.2, 0) is 18.4 Å². The van der Waals surface area contributed by atoms with Gasteiger partial charge in [0, 0.05) is 25.0 Å². The standard InChI is InChI=1S/C25H25N3O3S/c1-16-4-6-19(7-5-16)25-27-17(2)22(32-25)15-31-20-10-8-18(9-11-20)21(14-23(29)30)24-26-12-13-28(24)3/h4-13,21H,14-15H2,1-3H3,(H,29,30). The Bertz CT molecular complexity index is 1210. The number of benzene rings is 2. The average Bonchev–Trinajstić information content (AvgIpc) is 3.36. The molecule has 0 radical (unpaired) electrons. The minimum atomic E-state index is -0.858. The highest BCUT2D eigenvalue weighted by Crippen LogP contribution is 2.31. The molecule has 4 aromatic rings. The third kappa shape index (κ3) is 4.89. The van der Waals surface area contributed by atoms with Crippen LogP contribution in [0.3, 0.4) is 0 Å². The SMILES string of the molecule is Cc1ccc(-c2nc(C)c(COc3ccc(C(CC(=O)O)c4nccn4C)cc3)s2)cc1. The van der Waals surface area contributed by atoms with Gasteiger partial charge in [-0.15, -0.1) is 11.3 Å². The second-order valence-corrected chi connectivity index (χ2v) is 8.88. The van der Waals surface area contributed by atoms with Gasteiger partial charge in [0.15, 0.2) is 0 Å². The van der Waals surface area contributed by atoms with Gasteiger partial charge in [0.1, 0.15) is 23.2 Å². The molecule has 2 heterocycles. The quantitative estimate of drug-likeness (QED) is 0.394. The van der Waals surface area contributed by atoms with Gasteiger partial charge in [-0.2, -0.15) is 0 Å². The van der Waals surface area contributed by atoms with Crippen LogP contribution in [-0.4, -0.2) is 25.6 Å². The number of rotatable bonds is 8. The van der Waals surface area contributed by atoms with Gasteiger partial charge in [-0.05, 0) is 31.5 Å². The number of hydrogen-bond acceptors (Lipinski definition) is 5. The van der Waals surface area contributed by atoms with Crippen molar-refractivity contribution in [3.63, 3.8) is 0 Å². The lowest BCUT2D eigenvalue weighted by molar-refractivity contribution is -0.137. The van der Waals surface area contributed by atoms with Crippen molar-refractivity contribution in [2.75, 3.05) is 0 Å². The molecule has 0 aliphatic rings. The van der Waals surface area contributed by atoms with Gasteiger partial charge in [-0.1, -0.05) is 42.0 Å². The molecule has 164 valence electrons. The zero-order chi connectivity index (χ0) is 22.7. The first-order chi connectivity index (χ1) is 15.4. The number of carboxylic acids is 1. The Balaban J connectivity index is 1.46. The van der Waals surface area contributed by atoms with Crippen LogP contribution in [0.25, 0.3) is 10.6 Å². The maximum atomic E-state index is 11.4. The Morgan fingerprint density at radius 1 is 1.12 bits per heavy atom. The number of aryl methyl sites for hydroxylation is 3. The molecule has 0 saturated heterocycles. The van der Waals surface area contributed by atoms with E-state index in [-0.39, 0.29) is 12.3 Å². The number of hydrogen-bond donors (Lipinski definition) is 1. The highest BCUT2D eigenvalue weighted by atomic mass is 32.1. The molecule has 0 aliphatic carbocycles. The molecule has 0 fully saturated rings. The Morgan fingerprint density at radius 3 is 2.47 bits per heavy atom. The third-order valence-electron chi connectivity index (χ3n) is 5.39. The summed E-state index contributed by atoms with van der Waals surface area (Å²) in [5.41, 5.74) is 4.20. The molecule has 2 aromatic heterocycles. The average molecular weight is 448 g/mol. The molecule has 32 heavy (non-hydrogen) atoms. The molecule has 6 nitrogen and oxygen atoms in total. The van der Waals surface area contributed by atoms with Crippen molar-refractivity contribution < 1.29 is 14.6 Å². The molecule has 0 saturated carbocycles. The summed E-state index contributed by atoms with van der Waals surface area (Å²) in [7, 11) is 1.87. The van der Waals surface area contributed by atoms with Crippen LogP contribution in [0.15, 0.2) is 60.9 Å². The number of thiazole rings is 1. The highest BCUT2D eigenvalue weighted by Gasteiger charge is 2.21. The fraction of sp³-hybridized carbons (Fsp3) is 0.240. The predicted molar refractivity (Wildman–Crippen MR) is 125 cm³/mol. The molecule has 1 atom stereocenters. The summed E-state index contributed by atoms with van der Waals surface area (Å²) in [6, 6.07) is 15.9. The summed E-state index contributed by atoms with van der Waals surface area (Å²) in [5, 5.41) is 10.3. The largest absolute Gasteiger partial charge is 0.488 e. The minimum absolute atomic E-state index is 0.0209. The van der Waals surface area contributed by atoms with Crippen LogP contribution in [0.5, 0.6) is 5.75 Å². The highest BCUT2D eigenvalue weighted by molar-refractivity contribution is 7.15. The van der Waals surface area contributed by atoms with Crippen molar-refractivity contribution in [2.24, 2.45) is 7.05 Å². The van der Waals surface area contributed by atoms with E-state index in [0.717, 1.165) is 38.3 Å². The lowest BCUT2D eigenvalue weighted by atomic mass is 9.94. The van der Waals surface area contributed by atoms with Crippen LogP contribution in [0.2, 0.25) is 0 Å². The van der Waals surface area contributed by atoms with Gasteiger partial charge in [-0.25, -0.2) is 9.97 Å². The van der Waals surface area contributed by atoms with E-state index >= 15 is 0 Å². The van der Waals surface area contributed by atoms with Crippen molar-refractivity contribution in [1.29, 1.82) is 0 Å². The number of nitrogens with zero attached hydrogens (tertiary/aromatic N) is 3. The maximum Gasteiger partial charge on any atom is 0.304 e. The lowest BCUT2D eigenvalue weighted by Crippen LogP contribution is -2.12. The number of ether oxygens (including phenoxy) is 1. The van der Waals surface area contributed by atoms with Gasteiger partial charge in [0.2, 0.25) is 0 Å². The molecule has 1 unspecified atom stereocenters. The van der Waals surface area contributed by atoms with E-state index in [4.69, 9.17) is 9.72 Å².